The summed E-state index contributed by atoms with van der Waals surface area (Å²) in [5.74, 6) is 5.72. The molecule has 6 atom stereocenters. The molecule has 2 aliphatic carbocycles. The highest BCUT2D eigenvalue weighted by molar-refractivity contribution is 6.65. The minimum Gasteiger partial charge on any atom is -0.0628 e. The Bertz CT molecular complexity index is 373. The minimum atomic E-state index is -0.890. The van der Waals surface area contributed by atoms with Crippen molar-refractivity contribution in [3.8, 4) is 0 Å². The topological polar surface area (TPSA) is 0 Å². The molecule has 6 unspecified atom stereocenters. The van der Waals surface area contributed by atoms with E-state index in [0.29, 0.717) is 5.04 Å². The Hall–Kier alpha value is 0.217. The summed E-state index contributed by atoms with van der Waals surface area (Å²) in [6.07, 6.45) is 9.09. The molecule has 0 saturated heterocycles. The monoisotopic (exact) mass is 364 g/mol. The van der Waals surface area contributed by atoms with Gasteiger partial charge in [-0.25, -0.2) is 0 Å². The first-order valence-electron chi connectivity index (χ1n) is 11.5. The van der Waals surface area contributed by atoms with Crippen LogP contribution in [0.1, 0.15) is 101 Å². The zero-order chi connectivity index (χ0) is 18.9. The molecule has 2 saturated carbocycles. The smallest absolute Gasteiger partial charge is 0.0490 e. The van der Waals surface area contributed by atoms with Gasteiger partial charge in [0.2, 0.25) is 0 Å². The third-order valence-corrected chi connectivity index (χ3v) is 13.4. The van der Waals surface area contributed by atoms with Crippen LogP contribution < -0.4 is 0 Å². The van der Waals surface area contributed by atoms with Crippen LogP contribution in [0.2, 0.25) is 16.1 Å². The van der Waals surface area contributed by atoms with Crippen LogP contribution >= 0.6 is 0 Å². The molecule has 2 fully saturated rings. The molecule has 0 nitrogen and oxygen atoms in total. The van der Waals surface area contributed by atoms with Crippen LogP contribution in [0.4, 0.5) is 0 Å². The number of hydrogen-bond donors (Lipinski definition) is 0. The predicted octanol–water partition coefficient (Wildman–Crippen LogP) is 7.94. The Morgan fingerprint density at radius 1 is 0.680 bits per heavy atom. The zero-order valence-electron chi connectivity index (χ0n) is 18.9. The Morgan fingerprint density at radius 3 is 1.32 bits per heavy atom. The van der Waals surface area contributed by atoms with E-state index >= 15 is 0 Å². The van der Waals surface area contributed by atoms with E-state index in [1.807, 2.05) is 0 Å². The van der Waals surface area contributed by atoms with Crippen molar-refractivity contribution in [1.29, 1.82) is 0 Å². The molecule has 2 rings (SSSR count). The molecular formula is C24H48Si. The Labute approximate surface area is 161 Å². The fraction of sp³-hybridized carbons (Fsp3) is 1.00. The standard InChI is InChI=1S/C24H48Si/c1-16(2)20-12-10-18(5)14-22(20)25(24(7,8)9)23-15-19(6)11-13-21(23)17(3)4/h16-23,25H,10-15H2,1-9H3. The van der Waals surface area contributed by atoms with Crippen molar-refractivity contribution in [3.05, 3.63) is 0 Å². The van der Waals surface area contributed by atoms with Gasteiger partial charge in [0.25, 0.3) is 0 Å². The summed E-state index contributed by atoms with van der Waals surface area (Å²) in [6, 6.07) is 0. The molecule has 0 aromatic rings. The molecule has 0 radical (unpaired) electrons. The van der Waals surface area contributed by atoms with Gasteiger partial charge in [-0.1, -0.05) is 88.0 Å². The van der Waals surface area contributed by atoms with Crippen LogP contribution in [0.25, 0.3) is 0 Å². The molecule has 0 N–H and O–H groups in total. The summed E-state index contributed by atoms with van der Waals surface area (Å²) in [5, 5.41) is 0.573. The van der Waals surface area contributed by atoms with Gasteiger partial charge in [-0.15, -0.1) is 0 Å². The lowest BCUT2D eigenvalue weighted by Gasteiger charge is -2.53. The summed E-state index contributed by atoms with van der Waals surface area (Å²) < 4.78 is 0. The lowest BCUT2D eigenvalue weighted by Crippen LogP contribution is -2.47. The SMILES string of the molecule is CC1CCC(C(C)C)C([SiH](C2CC(C)CCC2C(C)C)C(C)(C)C)C1. The van der Waals surface area contributed by atoms with Crippen molar-refractivity contribution in [1.82, 2.24) is 0 Å². The van der Waals surface area contributed by atoms with Crippen LogP contribution in [0.15, 0.2) is 0 Å². The Balaban J connectivity index is 2.39. The van der Waals surface area contributed by atoms with Crippen LogP contribution in [-0.4, -0.2) is 8.80 Å². The van der Waals surface area contributed by atoms with E-state index in [-0.39, 0.29) is 0 Å². The molecule has 0 aliphatic heterocycles. The van der Waals surface area contributed by atoms with E-state index in [0.717, 1.165) is 46.6 Å². The molecule has 0 aromatic carbocycles. The van der Waals surface area contributed by atoms with Crippen molar-refractivity contribution < 1.29 is 0 Å². The highest BCUT2D eigenvalue weighted by atomic mass is 28.3. The molecule has 2 aliphatic rings. The van der Waals surface area contributed by atoms with E-state index < -0.39 is 8.80 Å². The maximum atomic E-state index is 2.62. The lowest BCUT2D eigenvalue weighted by atomic mass is 9.76. The van der Waals surface area contributed by atoms with Crippen LogP contribution in [0, 0.1) is 35.5 Å². The normalized spacial score (nSPS) is 39.0. The van der Waals surface area contributed by atoms with Crippen molar-refractivity contribution in [2.75, 3.05) is 0 Å². The summed E-state index contributed by atoms with van der Waals surface area (Å²) in [4.78, 5) is 0. The second kappa shape index (κ2) is 8.49. The largest absolute Gasteiger partial charge is 0.0628 e. The van der Waals surface area contributed by atoms with E-state index in [9.17, 15) is 0 Å². The second-order valence-electron chi connectivity index (χ2n) is 11.9. The molecule has 1 heteroatoms. The van der Waals surface area contributed by atoms with Gasteiger partial charge in [0, 0.05) is 8.80 Å². The molecular weight excluding hydrogens is 316 g/mol. The third-order valence-electron chi connectivity index (χ3n) is 8.07. The maximum Gasteiger partial charge on any atom is 0.0490 e. The van der Waals surface area contributed by atoms with Gasteiger partial charge in [0.1, 0.15) is 0 Å². The second-order valence-corrected chi connectivity index (χ2v) is 16.4. The molecule has 0 amide bonds. The highest BCUT2D eigenvalue weighted by Gasteiger charge is 2.48. The first-order chi connectivity index (χ1) is 11.5. The van der Waals surface area contributed by atoms with Gasteiger partial charge in [0.05, 0.1) is 0 Å². The Kier molecular flexibility index (Phi) is 7.30. The average molecular weight is 365 g/mol. The molecule has 25 heavy (non-hydrogen) atoms. The lowest BCUT2D eigenvalue weighted by molar-refractivity contribution is 0.203. The average Bonchev–Trinajstić information content (AvgIpc) is 2.45. The quantitative estimate of drug-likeness (QED) is 0.444. The molecule has 0 heterocycles. The van der Waals surface area contributed by atoms with Gasteiger partial charge in [-0.2, -0.15) is 0 Å². The van der Waals surface area contributed by atoms with E-state index in [1.54, 1.807) is 12.8 Å². The molecule has 148 valence electrons. The first kappa shape index (κ1) is 21.5. The summed E-state index contributed by atoms with van der Waals surface area (Å²) in [6.45, 7) is 23.0. The maximum absolute atomic E-state index is 2.62. The summed E-state index contributed by atoms with van der Waals surface area (Å²) in [5.41, 5.74) is 2.17. The van der Waals surface area contributed by atoms with Gasteiger partial charge < -0.3 is 0 Å². The molecule has 0 bridgehead atoms. The fourth-order valence-corrected chi connectivity index (χ4v) is 14.0. The predicted molar refractivity (Wildman–Crippen MR) is 117 cm³/mol. The van der Waals surface area contributed by atoms with Crippen LogP contribution in [0.5, 0.6) is 0 Å². The van der Waals surface area contributed by atoms with Gasteiger partial charge in [-0.05, 0) is 64.5 Å². The van der Waals surface area contributed by atoms with Gasteiger partial charge >= 0.3 is 0 Å². The van der Waals surface area contributed by atoms with E-state index in [2.05, 4.69) is 62.3 Å². The third kappa shape index (κ3) is 5.14. The van der Waals surface area contributed by atoms with Crippen molar-refractivity contribution >= 4 is 8.80 Å². The van der Waals surface area contributed by atoms with Gasteiger partial charge in [-0.3, -0.25) is 0 Å². The van der Waals surface area contributed by atoms with Crippen molar-refractivity contribution in [2.24, 2.45) is 35.5 Å². The van der Waals surface area contributed by atoms with Gasteiger partial charge in [0.15, 0.2) is 0 Å². The van der Waals surface area contributed by atoms with E-state index in [1.165, 1.54) is 25.7 Å². The van der Waals surface area contributed by atoms with Crippen LogP contribution in [0.3, 0.4) is 0 Å². The number of rotatable bonds is 4. The molecule has 0 spiro atoms. The summed E-state index contributed by atoms with van der Waals surface area (Å²) >= 11 is 0. The zero-order valence-corrected chi connectivity index (χ0v) is 20.1. The summed E-state index contributed by atoms with van der Waals surface area (Å²) in [7, 11) is -0.890. The minimum absolute atomic E-state index is 0.573. The van der Waals surface area contributed by atoms with Crippen molar-refractivity contribution in [3.63, 3.8) is 0 Å². The van der Waals surface area contributed by atoms with Crippen LogP contribution in [-0.2, 0) is 0 Å². The molecule has 0 aromatic heterocycles. The van der Waals surface area contributed by atoms with E-state index in [4.69, 9.17) is 0 Å². The first-order valence-corrected chi connectivity index (χ1v) is 13.4. The number of hydrogen-bond acceptors (Lipinski definition) is 0. The Morgan fingerprint density at radius 2 is 1.04 bits per heavy atom. The fourth-order valence-electron chi connectivity index (χ4n) is 6.98. The highest BCUT2D eigenvalue weighted by Crippen LogP contribution is 2.57. The van der Waals surface area contributed by atoms with Crippen molar-refractivity contribution in [2.45, 2.75) is 117 Å².